The zero-order valence-corrected chi connectivity index (χ0v) is 36.9. The van der Waals surface area contributed by atoms with Gasteiger partial charge < -0.3 is 24.8 Å². The molecule has 2 unspecified atom stereocenters. The number of hydrogen-bond acceptors (Lipinski definition) is 11. The summed E-state index contributed by atoms with van der Waals surface area (Å²) in [7, 11) is 1.77. The second kappa shape index (κ2) is 16.4. The van der Waals surface area contributed by atoms with Crippen LogP contribution in [0.1, 0.15) is 111 Å². The zero-order valence-electron chi connectivity index (χ0n) is 36.9. The maximum absolute atomic E-state index is 14.3. The smallest absolute Gasteiger partial charge is 0.329 e. The van der Waals surface area contributed by atoms with Crippen molar-refractivity contribution in [3.8, 4) is 0 Å². The number of piperidine rings is 1. The van der Waals surface area contributed by atoms with Gasteiger partial charge in [-0.1, -0.05) is 19.1 Å². The van der Waals surface area contributed by atoms with Gasteiger partial charge in [-0.2, -0.15) is 10.2 Å². The summed E-state index contributed by atoms with van der Waals surface area (Å²) in [6.07, 6.45) is 9.20. The summed E-state index contributed by atoms with van der Waals surface area (Å²) in [6.45, 7) is 9.82. The van der Waals surface area contributed by atoms with E-state index in [1.807, 2.05) is 18.2 Å². The van der Waals surface area contributed by atoms with E-state index in [2.05, 4.69) is 48.5 Å². The second-order valence-corrected chi connectivity index (χ2v) is 19.8. The van der Waals surface area contributed by atoms with E-state index >= 15 is 0 Å². The Kier molecular flexibility index (Phi) is 10.6. The molecule has 344 valence electrons. The van der Waals surface area contributed by atoms with E-state index in [1.54, 1.807) is 33.3 Å². The number of benzene rings is 1. The highest BCUT2D eigenvalue weighted by Crippen LogP contribution is 2.52. The molecular formula is C46H56F2N12O5. The molecule has 19 heteroatoms. The van der Waals surface area contributed by atoms with Crippen LogP contribution in [-0.2, 0) is 21.4 Å². The van der Waals surface area contributed by atoms with Gasteiger partial charge in [-0.05, 0) is 86.3 Å². The van der Waals surface area contributed by atoms with Gasteiger partial charge in [0.25, 0.3) is 12.3 Å². The molecule has 8 heterocycles. The summed E-state index contributed by atoms with van der Waals surface area (Å²) in [4.78, 5) is 63.7. The summed E-state index contributed by atoms with van der Waals surface area (Å²) in [5.74, 6) is 0.295. The summed E-state index contributed by atoms with van der Waals surface area (Å²) in [5, 5.41) is 13.7. The lowest BCUT2D eigenvalue weighted by Crippen LogP contribution is -2.52. The minimum Gasteiger partial charge on any atom is -0.374 e. The number of piperazine rings is 1. The van der Waals surface area contributed by atoms with Crippen LogP contribution in [0.15, 0.2) is 47.7 Å². The number of aromatic nitrogens is 7. The lowest BCUT2D eigenvalue weighted by molar-refractivity contribution is -0.135. The van der Waals surface area contributed by atoms with Gasteiger partial charge in [0, 0.05) is 71.7 Å². The molecule has 11 rings (SSSR count). The Morgan fingerprint density at radius 3 is 2.52 bits per heavy atom. The highest BCUT2D eigenvalue weighted by atomic mass is 19.3. The van der Waals surface area contributed by atoms with Crippen molar-refractivity contribution >= 4 is 45.9 Å². The summed E-state index contributed by atoms with van der Waals surface area (Å²) in [5.41, 5.74) is 2.83. The van der Waals surface area contributed by atoms with E-state index in [9.17, 15) is 28.0 Å². The number of carbonyl (C=O) groups is 3. The second-order valence-electron chi connectivity index (χ2n) is 19.8. The van der Waals surface area contributed by atoms with Crippen molar-refractivity contribution in [2.75, 3.05) is 62.6 Å². The van der Waals surface area contributed by atoms with E-state index in [4.69, 9.17) is 9.72 Å². The zero-order chi connectivity index (χ0) is 44.7. The largest absolute Gasteiger partial charge is 0.374 e. The van der Waals surface area contributed by atoms with Gasteiger partial charge in [-0.15, -0.1) is 0 Å². The van der Waals surface area contributed by atoms with Gasteiger partial charge in [0.2, 0.25) is 11.8 Å². The Bertz CT molecular complexity index is 2720. The first-order valence-corrected chi connectivity index (χ1v) is 23.3. The van der Waals surface area contributed by atoms with Crippen LogP contribution in [0.5, 0.6) is 0 Å². The molecule has 6 aliphatic rings. The fraction of sp³-hybridized carbons (Fsp3) is 0.587. The first-order chi connectivity index (χ1) is 31.4. The number of para-hydroxylation sites is 1. The third-order valence-electron chi connectivity index (χ3n) is 15.4. The third kappa shape index (κ3) is 7.71. The van der Waals surface area contributed by atoms with E-state index in [1.165, 1.54) is 10.7 Å². The minimum atomic E-state index is -2.85. The molecule has 2 N–H and O–H groups in total. The molecule has 4 aliphatic heterocycles. The van der Waals surface area contributed by atoms with Crippen LogP contribution in [0.4, 0.5) is 20.3 Å². The lowest BCUT2D eigenvalue weighted by atomic mass is 9.60. The Morgan fingerprint density at radius 2 is 1.80 bits per heavy atom. The van der Waals surface area contributed by atoms with Crippen LogP contribution < -0.4 is 21.2 Å². The number of fused-ring (bicyclic) bond motifs is 4. The van der Waals surface area contributed by atoms with E-state index < -0.39 is 30.0 Å². The standard InChI is InChI=1S/C46H56F2N12O5/c1-46(19-28(20-46)32-4-3-5-35-40(32)54(2)45(64)60(35)36-10-11-38(61)52-44(36)63)26-56-16-14-55(15-17-56)22-27-6-8-29(9-7-27)59-24-34(39(53-59)41(47)48)50-43(62)33-21-49-58-13-12-37(51-42(33)58)57-23-31-18-30(57)25-65-31/h3-5,12-13,21,24,27-31,36,41H,6-11,14-20,22-23,25-26H2,1-2H3,(H,50,62)(H,52,61,63)/t27?,28?,29?,30?,31-,36?,46?/m1/s1. The van der Waals surface area contributed by atoms with E-state index in [-0.39, 0.29) is 52.9 Å². The van der Waals surface area contributed by atoms with E-state index in [0.29, 0.717) is 30.5 Å². The van der Waals surface area contributed by atoms with Gasteiger partial charge in [-0.25, -0.2) is 23.1 Å². The minimum absolute atomic E-state index is 0.00631. The van der Waals surface area contributed by atoms with Crippen molar-refractivity contribution < 1.29 is 27.9 Å². The van der Waals surface area contributed by atoms with Gasteiger partial charge >= 0.3 is 5.69 Å². The van der Waals surface area contributed by atoms with Gasteiger partial charge in [0.15, 0.2) is 11.3 Å². The SMILES string of the molecule is Cn1c(=O)n(C2CCC(=O)NC2=O)c2cccc(C3CC(C)(CN4CCN(CC5CCC(n6cc(NC(=O)c7cnn8ccc(N9C[C@H]%10CC9CO%10)nc78)c(C(F)F)n6)CC5)CC4)C3)c21. The molecule has 1 aromatic carbocycles. The molecule has 3 atom stereocenters. The molecule has 17 nitrogen and oxygen atoms in total. The van der Waals surface area contributed by atoms with Crippen LogP contribution in [0.25, 0.3) is 16.7 Å². The van der Waals surface area contributed by atoms with Crippen molar-refractivity contribution in [3.63, 3.8) is 0 Å². The molecule has 2 saturated carbocycles. The van der Waals surface area contributed by atoms with Crippen LogP contribution in [0, 0.1) is 11.3 Å². The molecular weight excluding hydrogens is 839 g/mol. The predicted molar refractivity (Wildman–Crippen MR) is 236 cm³/mol. The van der Waals surface area contributed by atoms with Gasteiger partial charge in [0.05, 0.1) is 47.7 Å². The number of imidazole rings is 1. The summed E-state index contributed by atoms with van der Waals surface area (Å²) in [6, 6.07) is 7.39. The number of halogens is 2. The van der Waals surface area contributed by atoms with Crippen LogP contribution >= 0.6 is 0 Å². The molecule has 4 saturated heterocycles. The predicted octanol–water partition coefficient (Wildman–Crippen LogP) is 4.66. The first-order valence-electron chi connectivity index (χ1n) is 23.3. The first kappa shape index (κ1) is 42.1. The van der Waals surface area contributed by atoms with Crippen LogP contribution in [0.3, 0.4) is 0 Å². The topological polar surface area (TPSA) is 169 Å². The Balaban J connectivity index is 0.661. The van der Waals surface area contributed by atoms with Crippen LogP contribution in [0.2, 0.25) is 0 Å². The number of carbonyl (C=O) groups excluding carboxylic acids is 3. The Labute approximate surface area is 374 Å². The van der Waals surface area contributed by atoms with Crippen molar-refractivity contribution in [2.24, 2.45) is 18.4 Å². The fourth-order valence-corrected chi connectivity index (χ4v) is 12.0. The van der Waals surface area contributed by atoms with Gasteiger partial charge in [-0.3, -0.25) is 33.5 Å². The quantitative estimate of drug-likeness (QED) is 0.177. The number of ether oxygens (including phenoxy) is 1. The third-order valence-corrected chi connectivity index (χ3v) is 15.4. The molecule has 2 aliphatic carbocycles. The number of nitrogens with one attached hydrogen (secondary N) is 2. The maximum atomic E-state index is 14.3. The monoisotopic (exact) mass is 894 g/mol. The number of anilines is 2. The highest BCUT2D eigenvalue weighted by Gasteiger charge is 2.44. The molecule has 4 aromatic heterocycles. The number of imide groups is 1. The average Bonchev–Trinajstić information content (AvgIpc) is 4.14. The summed E-state index contributed by atoms with van der Waals surface area (Å²) < 4.78 is 40.8. The van der Waals surface area contributed by atoms with Crippen molar-refractivity contribution in [3.05, 3.63) is 70.2 Å². The molecule has 0 spiro atoms. The number of morpholine rings is 1. The normalized spacial score (nSPS) is 28.7. The molecule has 5 aromatic rings. The Hall–Kier alpha value is -5.53. The average molecular weight is 895 g/mol. The summed E-state index contributed by atoms with van der Waals surface area (Å²) >= 11 is 0. The molecule has 3 amide bonds. The maximum Gasteiger partial charge on any atom is 0.329 e. The number of hydrogen-bond donors (Lipinski definition) is 2. The van der Waals surface area contributed by atoms with Crippen LogP contribution in [-0.4, -0.2) is 126 Å². The number of rotatable bonds is 11. The number of amides is 3. The fourth-order valence-electron chi connectivity index (χ4n) is 12.0. The van der Waals surface area contributed by atoms with E-state index in [0.717, 1.165) is 113 Å². The van der Waals surface area contributed by atoms with Crippen molar-refractivity contribution in [2.45, 2.75) is 101 Å². The van der Waals surface area contributed by atoms with Gasteiger partial charge in [0.1, 0.15) is 17.4 Å². The Morgan fingerprint density at radius 1 is 1.02 bits per heavy atom. The van der Waals surface area contributed by atoms with Crippen molar-refractivity contribution in [1.29, 1.82) is 0 Å². The molecule has 65 heavy (non-hydrogen) atoms. The lowest BCUT2D eigenvalue weighted by Gasteiger charge is -2.49. The molecule has 6 fully saturated rings. The molecule has 2 bridgehead atoms. The number of aryl methyl sites for hydroxylation is 1. The highest BCUT2D eigenvalue weighted by molar-refractivity contribution is 6.08. The molecule has 0 radical (unpaired) electrons. The van der Waals surface area contributed by atoms with Crippen molar-refractivity contribution in [1.82, 2.24) is 48.6 Å². The number of alkyl halides is 2. The number of nitrogens with zero attached hydrogens (tertiary/aromatic N) is 10.